The topological polar surface area (TPSA) is 82.3 Å². The summed E-state index contributed by atoms with van der Waals surface area (Å²) in [5.41, 5.74) is 1.82. The second kappa shape index (κ2) is 10.7. The number of ketones is 1. The minimum Gasteiger partial charge on any atom is -0.361 e. The summed E-state index contributed by atoms with van der Waals surface area (Å²) in [6, 6.07) is 4.63. The predicted octanol–water partition coefficient (Wildman–Crippen LogP) is 4.80. The van der Waals surface area contributed by atoms with Gasteiger partial charge in [0.25, 0.3) is 0 Å². The third kappa shape index (κ3) is 7.14. The SMILES string of the molecule is CC(C)(C)C(CN1CCC(CC(=O)CCCc2c[nH]c3ccc(F)cc23)CC1)NS(=O)(=O)C1CC1. The quantitative estimate of drug-likeness (QED) is 0.460. The number of aromatic nitrogens is 1. The summed E-state index contributed by atoms with van der Waals surface area (Å²) < 4.78 is 41.6. The number of rotatable bonds is 11. The number of benzene rings is 1. The van der Waals surface area contributed by atoms with Crippen LogP contribution >= 0.6 is 0 Å². The van der Waals surface area contributed by atoms with Crippen LogP contribution in [0.4, 0.5) is 4.39 Å². The van der Waals surface area contributed by atoms with Crippen LogP contribution in [-0.2, 0) is 21.2 Å². The summed E-state index contributed by atoms with van der Waals surface area (Å²) in [6.07, 6.45) is 8.11. The Balaban J connectivity index is 1.19. The van der Waals surface area contributed by atoms with Crippen molar-refractivity contribution in [2.24, 2.45) is 11.3 Å². The van der Waals surface area contributed by atoms with Crippen LogP contribution in [0.2, 0.25) is 0 Å². The van der Waals surface area contributed by atoms with E-state index in [1.54, 1.807) is 12.1 Å². The van der Waals surface area contributed by atoms with Gasteiger partial charge in [-0.2, -0.15) is 0 Å². The van der Waals surface area contributed by atoms with Crippen molar-refractivity contribution in [1.29, 1.82) is 0 Å². The zero-order valence-electron chi connectivity index (χ0n) is 21.3. The van der Waals surface area contributed by atoms with Crippen LogP contribution in [0.25, 0.3) is 10.9 Å². The average Bonchev–Trinajstić information content (AvgIpc) is 3.57. The van der Waals surface area contributed by atoms with Gasteiger partial charge in [0.2, 0.25) is 10.0 Å². The van der Waals surface area contributed by atoms with Gasteiger partial charge in [0.05, 0.1) is 5.25 Å². The second-order valence-corrected chi connectivity index (χ2v) is 13.6. The maximum atomic E-state index is 13.6. The molecule has 0 radical (unpaired) electrons. The van der Waals surface area contributed by atoms with Crippen LogP contribution in [-0.4, -0.2) is 55.0 Å². The number of aromatic amines is 1. The molecular formula is C27H40FN3O3S. The number of fused-ring (bicyclic) bond motifs is 1. The largest absolute Gasteiger partial charge is 0.361 e. The van der Waals surface area contributed by atoms with Gasteiger partial charge in [-0.15, -0.1) is 0 Å². The van der Waals surface area contributed by atoms with Crippen molar-refractivity contribution in [3.8, 4) is 0 Å². The summed E-state index contributed by atoms with van der Waals surface area (Å²) in [5, 5.41) is 0.694. The predicted molar refractivity (Wildman–Crippen MR) is 138 cm³/mol. The van der Waals surface area contributed by atoms with Crippen molar-refractivity contribution in [1.82, 2.24) is 14.6 Å². The highest BCUT2D eigenvalue weighted by molar-refractivity contribution is 7.90. The molecule has 1 atom stereocenters. The number of Topliss-reactive ketones (excluding diaryl/α,β-unsaturated/α-hetero) is 1. The smallest absolute Gasteiger partial charge is 0.214 e. The van der Waals surface area contributed by atoms with Crippen molar-refractivity contribution >= 4 is 26.7 Å². The number of halogens is 1. The van der Waals surface area contributed by atoms with E-state index in [9.17, 15) is 17.6 Å². The summed E-state index contributed by atoms with van der Waals surface area (Å²) in [5.74, 6) is 0.464. The summed E-state index contributed by atoms with van der Waals surface area (Å²) in [7, 11) is -3.23. The molecule has 2 heterocycles. The first-order chi connectivity index (χ1) is 16.5. The van der Waals surface area contributed by atoms with Crippen molar-refractivity contribution in [2.75, 3.05) is 19.6 Å². The first kappa shape index (κ1) is 26.3. The number of likely N-dealkylation sites (tertiary alicyclic amines) is 1. The lowest BCUT2D eigenvalue weighted by molar-refractivity contribution is -0.120. The molecular weight excluding hydrogens is 465 g/mol. The normalized spacial score (nSPS) is 19.3. The number of aryl methyl sites for hydroxylation is 1. The van der Waals surface area contributed by atoms with Crippen LogP contribution in [0.1, 0.15) is 71.3 Å². The molecule has 1 saturated carbocycles. The first-order valence-corrected chi connectivity index (χ1v) is 14.6. The van der Waals surface area contributed by atoms with E-state index in [-0.39, 0.29) is 22.5 Å². The average molecular weight is 506 g/mol. The number of carbonyl (C=O) groups is 1. The van der Waals surface area contributed by atoms with Crippen LogP contribution in [0.3, 0.4) is 0 Å². The molecule has 0 amide bonds. The maximum absolute atomic E-state index is 13.6. The van der Waals surface area contributed by atoms with E-state index in [1.807, 2.05) is 6.20 Å². The zero-order valence-corrected chi connectivity index (χ0v) is 22.1. The third-order valence-corrected chi connectivity index (χ3v) is 9.57. The fraction of sp³-hybridized carbons (Fsp3) is 0.667. The molecule has 2 fully saturated rings. The number of H-pyrrole nitrogens is 1. The number of sulfonamides is 1. The van der Waals surface area contributed by atoms with E-state index < -0.39 is 10.0 Å². The molecule has 1 aliphatic heterocycles. The molecule has 4 rings (SSSR count). The number of hydrogen-bond donors (Lipinski definition) is 2. The van der Waals surface area contributed by atoms with Crippen LogP contribution in [0, 0.1) is 17.2 Å². The molecule has 0 spiro atoms. The fourth-order valence-electron chi connectivity index (χ4n) is 5.05. The molecule has 35 heavy (non-hydrogen) atoms. The molecule has 2 aromatic rings. The van der Waals surface area contributed by atoms with E-state index in [2.05, 4.69) is 35.4 Å². The van der Waals surface area contributed by atoms with Gasteiger partial charge in [-0.3, -0.25) is 4.79 Å². The lowest BCUT2D eigenvalue weighted by Gasteiger charge is -2.38. The highest BCUT2D eigenvalue weighted by Gasteiger charge is 2.40. The molecule has 0 bridgehead atoms. The van der Waals surface area contributed by atoms with E-state index in [0.29, 0.717) is 31.1 Å². The molecule has 1 aliphatic carbocycles. The molecule has 2 aliphatic rings. The minimum absolute atomic E-state index is 0.121. The van der Waals surface area contributed by atoms with Crippen LogP contribution in [0.5, 0.6) is 0 Å². The zero-order chi connectivity index (χ0) is 25.2. The van der Waals surface area contributed by atoms with E-state index >= 15 is 0 Å². The van der Waals surface area contributed by atoms with Gasteiger partial charge in [-0.05, 0) is 86.7 Å². The van der Waals surface area contributed by atoms with Gasteiger partial charge in [0, 0.05) is 42.5 Å². The molecule has 8 heteroatoms. The van der Waals surface area contributed by atoms with Gasteiger partial charge < -0.3 is 9.88 Å². The lowest BCUT2D eigenvalue weighted by atomic mass is 9.85. The van der Waals surface area contributed by atoms with Gasteiger partial charge in [-0.1, -0.05) is 20.8 Å². The summed E-state index contributed by atoms with van der Waals surface area (Å²) in [6.45, 7) is 8.77. The molecule has 1 unspecified atom stereocenters. The van der Waals surface area contributed by atoms with Crippen molar-refractivity contribution in [3.63, 3.8) is 0 Å². The van der Waals surface area contributed by atoms with Crippen molar-refractivity contribution in [2.45, 2.75) is 83.4 Å². The summed E-state index contributed by atoms with van der Waals surface area (Å²) >= 11 is 0. The Kier molecular flexibility index (Phi) is 8.03. The van der Waals surface area contributed by atoms with E-state index in [1.165, 1.54) is 6.07 Å². The second-order valence-electron chi connectivity index (χ2n) is 11.6. The Hall–Kier alpha value is -1.77. The molecule has 2 N–H and O–H groups in total. The van der Waals surface area contributed by atoms with Crippen LogP contribution < -0.4 is 4.72 Å². The Bertz CT molecular complexity index is 1130. The summed E-state index contributed by atoms with van der Waals surface area (Å²) in [4.78, 5) is 18.1. The van der Waals surface area contributed by atoms with Gasteiger partial charge >= 0.3 is 0 Å². The van der Waals surface area contributed by atoms with Crippen LogP contribution in [0.15, 0.2) is 24.4 Å². The number of piperidine rings is 1. The Morgan fingerprint density at radius 2 is 1.91 bits per heavy atom. The standard InChI is InChI=1S/C27H40FN3O3S/c1-27(2,3)26(30-35(33,34)23-8-9-23)18-31-13-11-19(12-14-31)15-22(32)6-4-5-20-17-29-25-10-7-21(28)16-24(20)25/h7,10,16-17,19,23,26,29-30H,4-6,8-9,11-15,18H2,1-3H3. The van der Waals surface area contributed by atoms with Crippen molar-refractivity contribution < 1.29 is 17.6 Å². The Morgan fingerprint density at radius 3 is 2.57 bits per heavy atom. The highest BCUT2D eigenvalue weighted by Crippen LogP contribution is 2.31. The molecule has 1 saturated heterocycles. The molecule has 6 nitrogen and oxygen atoms in total. The van der Waals surface area contributed by atoms with Gasteiger partial charge in [0.1, 0.15) is 11.6 Å². The molecule has 194 valence electrons. The number of hydrogen-bond acceptors (Lipinski definition) is 4. The number of carbonyl (C=O) groups excluding carboxylic acids is 1. The minimum atomic E-state index is -3.23. The first-order valence-electron chi connectivity index (χ1n) is 13.0. The Morgan fingerprint density at radius 1 is 1.20 bits per heavy atom. The molecule has 1 aromatic carbocycles. The monoisotopic (exact) mass is 505 g/mol. The van der Waals surface area contributed by atoms with Gasteiger partial charge in [0.15, 0.2) is 0 Å². The van der Waals surface area contributed by atoms with E-state index in [4.69, 9.17) is 0 Å². The lowest BCUT2D eigenvalue weighted by Crippen LogP contribution is -2.52. The maximum Gasteiger partial charge on any atom is 0.214 e. The van der Waals surface area contributed by atoms with E-state index in [0.717, 1.165) is 68.1 Å². The Labute approximate surface area is 209 Å². The van der Waals surface area contributed by atoms with Gasteiger partial charge in [-0.25, -0.2) is 17.5 Å². The molecule has 1 aromatic heterocycles. The number of nitrogens with zero attached hydrogens (tertiary/aromatic N) is 1. The highest BCUT2D eigenvalue weighted by atomic mass is 32.2. The third-order valence-electron chi connectivity index (χ3n) is 7.61. The van der Waals surface area contributed by atoms with Crippen molar-refractivity contribution in [3.05, 3.63) is 35.8 Å². The number of nitrogens with one attached hydrogen (secondary N) is 2. The fourth-order valence-corrected chi connectivity index (χ4v) is 6.82.